The van der Waals surface area contributed by atoms with E-state index in [-0.39, 0.29) is 48.0 Å². The predicted octanol–water partition coefficient (Wildman–Crippen LogP) is 7.89. The quantitative estimate of drug-likeness (QED) is 0.0333. The molecule has 4 aromatic rings. The van der Waals surface area contributed by atoms with Crippen LogP contribution in [0, 0.1) is 17.3 Å². The van der Waals surface area contributed by atoms with Crippen molar-refractivity contribution >= 4 is 52.0 Å². The topological polar surface area (TPSA) is 190 Å². The Balaban J connectivity index is 1.18. The van der Waals surface area contributed by atoms with Gasteiger partial charge in [0.15, 0.2) is 5.78 Å². The van der Waals surface area contributed by atoms with Gasteiger partial charge < -0.3 is 35.7 Å². The summed E-state index contributed by atoms with van der Waals surface area (Å²) in [6, 6.07) is 30.6. The molecular formula is C60H71N6O8+. The maximum absolute atomic E-state index is 14.6. The third-order valence-electron chi connectivity index (χ3n) is 13.9. The predicted molar refractivity (Wildman–Crippen MR) is 290 cm³/mol. The number of amides is 4. The van der Waals surface area contributed by atoms with Crippen molar-refractivity contribution in [2.75, 3.05) is 33.1 Å². The zero-order valence-corrected chi connectivity index (χ0v) is 44.1. The number of aryl methyl sites for hydroxylation is 1. The first-order valence-corrected chi connectivity index (χ1v) is 25.6. The van der Waals surface area contributed by atoms with Gasteiger partial charge in [-0.25, -0.2) is 9.37 Å². The van der Waals surface area contributed by atoms with Gasteiger partial charge in [-0.3, -0.25) is 24.0 Å². The van der Waals surface area contributed by atoms with E-state index in [0.717, 1.165) is 35.0 Å². The Hall–Kier alpha value is -7.61. The SMILES string of the molecule is CC(C)C[C@H](NC(=O)[C@H](CCc1ccccc1)NC(=O)c1ccc(-c2c3ccc(=[N+](C)C)cc-3oc3cc(N(C)C)ccc23)c(C(=O)O)c1)C(=O)N[C@@H](Cc1ccccc1)C(=O)N[C@@H](CC(C)C)C(=O)C1(C)CC1. The summed E-state index contributed by atoms with van der Waals surface area (Å²) in [6.07, 6.45) is 2.83. The number of carbonyl (C=O) groups excluding carboxylic acids is 5. The number of hydrogen-bond donors (Lipinski definition) is 5. The van der Waals surface area contributed by atoms with E-state index in [1.165, 1.54) is 6.07 Å². The Labute approximate surface area is 434 Å². The summed E-state index contributed by atoms with van der Waals surface area (Å²) in [7, 11) is 7.69. The molecule has 1 saturated carbocycles. The van der Waals surface area contributed by atoms with Crippen LogP contribution in [-0.2, 0) is 32.0 Å². The fourth-order valence-corrected chi connectivity index (χ4v) is 9.40. The molecule has 0 spiro atoms. The normalized spacial score (nSPS) is 14.4. The fraction of sp³-hybridized carbons (Fsp3) is 0.383. The molecule has 1 heterocycles. The van der Waals surface area contributed by atoms with E-state index in [2.05, 4.69) is 21.3 Å². The highest BCUT2D eigenvalue weighted by molar-refractivity contribution is 6.09. The van der Waals surface area contributed by atoms with Crippen molar-refractivity contribution in [3.8, 4) is 22.5 Å². The summed E-state index contributed by atoms with van der Waals surface area (Å²) in [5, 5.41) is 24.1. The Kier molecular flexibility index (Phi) is 17.2. The van der Waals surface area contributed by atoms with Gasteiger partial charge >= 0.3 is 5.97 Å². The molecule has 3 aliphatic rings. The van der Waals surface area contributed by atoms with Gasteiger partial charge in [0, 0.05) is 65.8 Å². The highest BCUT2D eigenvalue weighted by Crippen LogP contribution is 2.47. The average molecular weight is 1000 g/mol. The van der Waals surface area contributed by atoms with Gasteiger partial charge in [0.1, 0.15) is 43.6 Å². The first-order chi connectivity index (χ1) is 35.2. The summed E-state index contributed by atoms with van der Waals surface area (Å²) in [6.45, 7) is 9.74. The maximum atomic E-state index is 14.6. The molecule has 14 heteroatoms. The molecule has 4 aromatic carbocycles. The number of aromatic carboxylic acids is 1. The minimum Gasteiger partial charge on any atom is -0.478 e. The number of nitrogens with one attached hydrogen (secondary N) is 4. The number of benzene rings is 5. The molecule has 0 unspecified atom stereocenters. The summed E-state index contributed by atoms with van der Waals surface area (Å²) in [4.78, 5) is 86.7. The van der Waals surface area contributed by atoms with Crippen molar-refractivity contribution in [1.29, 1.82) is 0 Å². The van der Waals surface area contributed by atoms with Gasteiger partial charge in [-0.05, 0) is 97.4 Å². The fourth-order valence-electron chi connectivity index (χ4n) is 9.40. The minimum atomic E-state index is -1.26. The van der Waals surface area contributed by atoms with E-state index in [9.17, 15) is 33.9 Å². The van der Waals surface area contributed by atoms with Crippen molar-refractivity contribution in [3.63, 3.8) is 0 Å². The van der Waals surface area contributed by atoms with Crippen LogP contribution in [0.2, 0.25) is 0 Å². The van der Waals surface area contributed by atoms with Crippen LogP contribution in [0.3, 0.4) is 0 Å². The summed E-state index contributed by atoms with van der Waals surface area (Å²) >= 11 is 0. The van der Waals surface area contributed by atoms with Crippen LogP contribution in [0.15, 0.2) is 120 Å². The van der Waals surface area contributed by atoms with E-state index in [1.807, 2.05) is 169 Å². The Morgan fingerprint density at radius 1 is 0.662 bits per heavy atom. The minimum absolute atomic E-state index is 0.0128. The largest absolute Gasteiger partial charge is 0.478 e. The molecular weight excluding hydrogens is 933 g/mol. The number of nitrogens with zero attached hydrogens (tertiary/aromatic N) is 2. The van der Waals surface area contributed by atoms with Gasteiger partial charge in [-0.2, -0.15) is 0 Å². The number of anilines is 1. The molecule has 2 aliphatic carbocycles. The van der Waals surface area contributed by atoms with E-state index in [4.69, 9.17) is 4.42 Å². The lowest BCUT2D eigenvalue weighted by Crippen LogP contribution is -2.58. The molecule has 1 aliphatic heterocycles. The van der Waals surface area contributed by atoms with Crippen LogP contribution in [0.25, 0.3) is 33.4 Å². The van der Waals surface area contributed by atoms with Gasteiger partial charge in [0.25, 0.3) is 5.91 Å². The van der Waals surface area contributed by atoms with Crippen LogP contribution < -0.4 is 36.1 Å². The number of Topliss-reactive ketones (excluding diaryl/α,β-unsaturated/α-hetero) is 1. The molecule has 4 amide bonds. The van der Waals surface area contributed by atoms with E-state index in [1.54, 1.807) is 12.1 Å². The Morgan fingerprint density at radius 3 is 1.85 bits per heavy atom. The van der Waals surface area contributed by atoms with Gasteiger partial charge in [-0.1, -0.05) is 101 Å². The van der Waals surface area contributed by atoms with Gasteiger partial charge in [-0.15, -0.1) is 0 Å². The molecule has 0 saturated heterocycles. The molecule has 4 atom stereocenters. The number of carbonyl (C=O) groups is 6. The van der Waals surface area contributed by atoms with Crippen molar-refractivity contribution in [1.82, 2.24) is 25.8 Å². The molecule has 74 heavy (non-hydrogen) atoms. The highest BCUT2D eigenvalue weighted by atomic mass is 16.4. The number of ketones is 1. The molecule has 1 fully saturated rings. The lowest BCUT2D eigenvalue weighted by molar-refractivity contribution is -0.134. The molecule has 0 bridgehead atoms. The molecule has 14 nitrogen and oxygen atoms in total. The summed E-state index contributed by atoms with van der Waals surface area (Å²) in [5.41, 5.74) is 4.21. The van der Waals surface area contributed by atoms with Crippen molar-refractivity contribution in [2.24, 2.45) is 17.3 Å². The molecule has 7 rings (SSSR count). The number of fused-ring (bicyclic) bond motifs is 2. The van der Waals surface area contributed by atoms with E-state index in [0.29, 0.717) is 46.3 Å². The number of hydrogen-bond acceptors (Lipinski definition) is 8. The number of rotatable bonds is 22. The maximum Gasteiger partial charge on any atom is 0.336 e. The second kappa shape index (κ2) is 23.5. The lowest BCUT2D eigenvalue weighted by atomic mass is 9.89. The van der Waals surface area contributed by atoms with Gasteiger partial charge in [0.2, 0.25) is 23.1 Å². The second-order valence-electron chi connectivity index (χ2n) is 21.3. The average Bonchev–Trinajstić information content (AvgIpc) is 4.13. The van der Waals surface area contributed by atoms with Gasteiger partial charge in [0.05, 0.1) is 17.7 Å². The van der Waals surface area contributed by atoms with Crippen LogP contribution in [-0.4, -0.2) is 92.8 Å². The smallest absolute Gasteiger partial charge is 0.336 e. The molecule has 5 N–H and O–H groups in total. The Bertz CT molecular complexity index is 3060. The van der Waals surface area contributed by atoms with Crippen molar-refractivity contribution in [2.45, 2.75) is 104 Å². The van der Waals surface area contributed by atoms with Crippen molar-refractivity contribution < 1.29 is 38.3 Å². The number of carboxylic acids is 1. The molecule has 0 radical (unpaired) electrons. The number of carboxylic acid groups (broad SMARTS) is 1. The second-order valence-corrected chi connectivity index (χ2v) is 21.3. The Morgan fingerprint density at radius 2 is 1.24 bits per heavy atom. The summed E-state index contributed by atoms with van der Waals surface area (Å²) < 4.78 is 8.43. The molecule has 388 valence electrons. The van der Waals surface area contributed by atoms with Crippen LogP contribution >= 0.6 is 0 Å². The lowest BCUT2D eigenvalue weighted by Gasteiger charge is -2.28. The monoisotopic (exact) mass is 1000 g/mol. The van der Waals surface area contributed by atoms with Crippen molar-refractivity contribution in [3.05, 3.63) is 143 Å². The van der Waals surface area contributed by atoms with Crippen LogP contribution in [0.1, 0.15) is 98.6 Å². The molecule has 0 aromatic heterocycles. The first-order valence-electron chi connectivity index (χ1n) is 25.6. The van der Waals surface area contributed by atoms with E-state index < -0.39 is 59.2 Å². The van der Waals surface area contributed by atoms with Crippen LogP contribution in [0.4, 0.5) is 5.69 Å². The van der Waals surface area contributed by atoms with E-state index >= 15 is 0 Å². The summed E-state index contributed by atoms with van der Waals surface area (Å²) in [5.74, 6) is -3.10. The zero-order valence-electron chi connectivity index (χ0n) is 44.1. The van der Waals surface area contributed by atoms with Crippen LogP contribution in [0.5, 0.6) is 0 Å². The zero-order chi connectivity index (χ0) is 53.4. The standard InChI is InChI=1S/C60H70N6O8/c1-36(2)30-48(54(67)60(5)28-29-60)62-58(71)50(32-39-18-14-11-15-19-39)64-57(70)49(31-37(3)4)63-56(69)47(27-20-38-16-12-10-13-17-38)61-55(68)40-21-24-43(46(33-40)59(72)73)53-44-25-22-41(65(6)7)34-51(44)74-52-35-42(66(8)9)23-26-45(52)53/h10-19,21-26,33-37,47-50H,20,27-32H2,1-9H3,(H4-,61,62,63,64,68,69,70,71,72,73)/p+1/t47-,48-,49-,50-/m0/s1. The third kappa shape index (κ3) is 13.3. The first kappa shape index (κ1) is 54.2. The highest BCUT2D eigenvalue weighted by Gasteiger charge is 2.48. The third-order valence-corrected chi connectivity index (χ3v) is 13.9.